The van der Waals surface area contributed by atoms with Crippen LogP contribution < -0.4 is 0 Å². The maximum atomic E-state index is 9.86. The van der Waals surface area contributed by atoms with Crippen molar-refractivity contribution < 1.29 is 14.6 Å². The van der Waals surface area contributed by atoms with Gasteiger partial charge in [-0.1, -0.05) is 25.5 Å². The van der Waals surface area contributed by atoms with Gasteiger partial charge in [0.1, 0.15) is 0 Å². The van der Waals surface area contributed by atoms with E-state index in [1.807, 2.05) is 13.0 Å². The van der Waals surface area contributed by atoms with E-state index in [9.17, 15) is 5.11 Å². The minimum atomic E-state index is -0.584. The van der Waals surface area contributed by atoms with E-state index in [1.165, 1.54) is 11.1 Å². The van der Waals surface area contributed by atoms with Crippen LogP contribution in [0.4, 0.5) is 0 Å². The quantitative estimate of drug-likeness (QED) is 0.821. The molecule has 0 aromatic rings. The second-order valence-corrected chi connectivity index (χ2v) is 6.19. The molecule has 0 bridgehead atoms. The van der Waals surface area contributed by atoms with E-state index in [2.05, 4.69) is 26.8 Å². The molecule has 1 saturated heterocycles. The van der Waals surface area contributed by atoms with E-state index in [0.717, 1.165) is 12.8 Å². The average molecular weight is 252 g/mol. The summed E-state index contributed by atoms with van der Waals surface area (Å²) in [6.07, 6.45) is 5.47. The second kappa shape index (κ2) is 4.80. The van der Waals surface area contributed by atoms with Crippen LogP contribution in [-0.2, 0) is 9.47 Å². The Kier molecular flexibility index (Phi) is 3.67. The molecule has 0 spiro atoms. The third-order valence-electron chi connectivity index (χ3n) is 3.89. The van der Waals surface area contributed by atoms with Crippen molar-refractivity contribution in [3.05, 3.63) is 23.3 Å². The van der Waals surface area contributed by atoms with Gasteiger partial charge in [0.15, 0.2) is 5.79 Å². The Morgan fingerprint density at radius 3 is 2.39 bits per heavy atom. The molecule has 0 unspecified atom stereocenters. The predicted molar refractivity (Wildman–Crippen MR) is 71.2 cm³/mol. The van der Waals surface area contributed by atoms with E-state index < -0.39 is 5.79 Å². The lowest BCUT2D eigenvalue weighted by Crippen LogP contribution is -2.29. The molecule has 0 amide bonds. The normalized spacial score (nSPS) is 31.3. The zero-order chi connectivity index (χ0) is 13.4. The largest absolute Gasteiger partial charge is 0.393 e. The highest BCUT2D eigenvalue weighted by atomic mass is 16.7. The van der Waals surface area contributed by atoms with Crippen LogP contribution in [0.5, 0.6) is 0 Å². The molecule has 0 aromatic heterocycles. The van der Waals surface area contributed by atoms with Crippen LogP contribution in [-0.4, -0.2) is 30.2 Å². The zero-order valence-electron chi connectivity index (χ0n) is 11.8. The van der Waals surface area contributed by atoms with Gasteiger partial charge in [-0.2, -0.15) is 0 Å². The number of ether oxygens (including phenoxy) is 2. The summed E-state index contributed by atoms with van der Waals surface area (Å²) < 4.78 is 11.2. The van der Waals surface area contributed by atoms with Crippen molar-refractivity contribution in [3.8, 4) is 0 Å². The van der Waals surface area contributed by atoms with E-state index in [4.69, 9.17) is 9.47 Å². The zero-order valence-corrected chi connectivity index (χ0v) is 11.8. The van der Waals surface area contributed by atoms with Crippen LogP contribution in [0.25, 0.3) is 0 Å². The van der Waals surface area contributed by atoms with Crippen LogP contribution in [0.1, 0.15) is 40.5 Å². The first-order chi connectivity index (χ1) is 8.32. The minimum Gasteiger partial charge on any atom is -0.393 e. The van der Waals surface area contributed by atoms with E-state index >= 15 is 0 Å². The predicted octanol–water partition coefficient (Wildman–Crippen LogP) is 2.80. The van der Waals surface area contributed by atoms with Crippen molar-refractivity contribution in [1.29, 1.82) is 0 Å². The maximum Gasteiger partial charge on any atom is 0.185 e. The van der Waals surface area contributed by atoms with Gasteiger partial charge in [-0.05, 0) is 43.8 Å². The minimum absolute atomic E-state index is 0.00716. The highest BCUT2D eigenvalue weighted by molar-refractivity contribution is 5.34. The Bertz CT molecular complexity index is 373. The Morgan fingerprint density at radius 2 is 1.83 bits per heavy atom. The number of aliphatic hydroxyl groups excluding tert-OH is 1. The SMILES string of the molecule is CC1=C(/C=C/C2(C)OCCO2)C(C)(C)C[C@H](O)C1. The maximum absolute atomic E-state index is 9.86. The lowest BCUT2D eigenvalue weighted by Gasteiger charge is -2.36. The number of hydrogen-bond donors (Lipinski definition) is 1. The molecule has 1 atom stereocenters. The van der Waals surface area contributed by atoms with Crippen molar-refractivity contribution in [3.63, 3.8) is 0 Å². The third kappa shape index (κ3) is 2.85. The topological polar surface area (TPSA) is 38.7 Å². The highest BCUT2D eigenvalue weighted by Gasteiger charge is 2.33. The number of aliphatic hydroxyl groups is 1. The van der Waals surface area contributed by atoms with Crippen molar-refractivity contribution in [2.75, 3.05) is 13.2 Å². The lowest BCUT2D eigenvalue weighted by molar-refractivity contribution is -0.0997. The van der Waals surface area contributed by atoms with Gasteiger partial charge in [0, 0.05) is 0 Å². The van der Waals surface area contributed by atoms with Crippen LogP contribution in [0.2, 0.25) is 0 Å². The van der Waals surface area contributed by atoms with Gasteiger partial charge in [-0.25, -0.2) is 0 Å². The summed E-state index contributed by atoms with van der Waals surface area (Å²) in [4.78, 5) is 0. The number of allylic oxidation sites excluding steroid dienone is 2. The summed E-state index contributed by atoms with van der Waals surface area (Å²) in [5.41, 5.74) is 2.57. The smallest absolute Gasteiger partial charge is 0.185 e. The molecule has 1 heterocycles. The highest BCUT2D eigenvalue weighted by Crippen LogP contribution is 2.41. The molecule has 102 valence electrons. The molecule has 0 saturated carbocycles. The fourth-order valence-corrected chi connectivity index (χ4v) is 3.04. The molecule has 3 nitrogen and oxygen atoms in total. The first-order valence-corrected chi connectivity index (χ1v) is 6.68. The third-order valence-corrected chi connectivity index (χ3v) is 3.89. The summed E-state index contributed by atoms with van der Waals surface area (Å²) in [5, 5.41) is 9.86. The van der Waals surface area contributed by atoms with Crippen molar-refractivity contribution in [2.24, 2.45) is 5.41 Å². The van der Waals surface area contributed by atoms with Gasteiger partial charge >= 0.3 is 0 Å². The molecule has 1 aliphatic carbocycles. The summed E-state index contributed by atoms with van der Waals surface area (Å²) in [5.74, 6) is -0.584. The van der Waals surface area contributed by atoms with Crippen molar-refractivity contribution in [1.82, 2.24) is 0 Å². The molecule has 2 rings (SSSR count). The number of rotatable bonds is 2. The van der Waals surface area contributed by atoms with E-state index in [1.54, 1.807) is 0 Å². The van der Waals surface area contributed by atoms with Gasteiger partial charge in [-0.15, -0.1) is 0 Å². The Hall–Kier alpha value is -0.640. The molecule has 0 radical (unpaired) electrons. The van der Waals surface area contributed by atoms with Crippen molar-refractivity contribution >= 4 is 0 Å². The van der Waals surface area contributed by atoms with Gasteiger partial charge in [0.2, 0.25) is 0 Å². The Morgan fingerprint density at radius 1 is 1.22 bits per heavy atom. The van der Waals surface area contributed by atoms with Gasteiger partial charge in [-0.3, -0.25) is 0 Å². The number of hydrogen-bond acceptors (Lipinski definition) is 3. The van der Waals surface area contributed by atoms with Crippen LogP contribution >= 0.6 is 0 Å². The summed E-state index contributed by atoms with van der Waals surface area (Å²) in [7, 11) is 0. The molecule has 1 aliphatic heterocycles. The average Bonchev–Trinajstić information content (AvgIpc) is 2.62. The molecule has 18 heavy (non-hydrogen) atoms. The summed E-state index contributed by atoms with van der Waals surface area (Å²) >= 11 is 0. The van der Waals surface area contributed by atoms with Gasteiger partial charge < -0.3 is 14.6 Å². The van der Waals surface area contributed by atoms with Crippen LogP contribution in [0, 0.1) is 5.41 Å². The van der Waals surface area contributed by atoms with Gasteiger partial charge in [0.25, 0.3) is 0 Å². The molecule has 2 aliphatic rings. The second-order valence-electron chi connectivity index (χ2n) is 6.19. The first kappa shape index (κ1) is 13.8. The molecule has 0 aromatic carbocycles. The standard InChI is InChI=1S/C15H24O3/c1-11-9-12(16)10-14(2,3)13(11)5-6-15(4)17-7-8-18-15/h5-6,12,16H,7-10H2,1-4H3/b6-5+/t12-/m1/s1. The van der Waals surface area contributed by atoms with E-state index in [0.29, 0.717) is 13.2 Å². The Balaban J connectivity index is 2.21. The monoisotopic (exact) mass is 252 g/mol. The van der Waals surface area contributed by atoms with E-state index in [-0.39, 0.29) is 11.5 Å². The van der Waals surface area contributed by atoms with Crippen LogP contribution in [0.15, 0.2) is 23.3 Å². The summed E-state index contributed by atoms with van der Waals surface area (Å²) in [6, 6.07) is 0. The molecular formula is C15H24O3. The molecule has 3 heteroatoms. The van der Waals surface area contributed by atoms with Crippen molar-refractivity contribution in [2.45, 2.75) is 52.4 Å². The summed E-state index contributed by atoms with van der Waals surface area (Å²) in [6.45, 7) is 9.70. The first-order valence-electron chi connectivity index (χ1n) is 6.68. The fraction of sp³-hybridized carbons (Fsp3) is 0.733. The van der Waals surface area contributed by atoms with Crippen LogP contribution in [0.3, 0.4) is 0 Å². The molecular weight excluding hydrogens is 228 g/mol. The molecule has 1 fully saturated rings. The van der Waals surface area contributed by atoms with Gasteiger partial charge in [0.05, 0.1) is 19.3 Å². The Labute approximate surface area is 109 Å². The fourth-order valence-electron chi connectivity index (χ4n) is 3.04. The lowest BCUT2D eigenvalue weighted by atomic mass is 9.71. The molecule has 1 N–H and O–H groups in total.